The average molecular weight is 1810 g/mol. The van der Waals surface area contributed by atoms with E-state index in [1.807, 2.05) is 184 Å². The predicted molar refractivity (Wildman–Crippen MR) is 514 cm³/mol. The van der Waals surface area contributed by atoms with Crippen LogP contribution in [-0.2, 0) is 106 Å². The van der Waals surface area contributed by atoms with Gasteiger partial charge in [0.25, 0.3) is 0 Å². The van der Waals surface area contributed by atoms with Crippen molar-refractivity contribution in [3.8, 4) is 28.7 Å². The zero-order valence-electron chi connectivity index (χ0n) is 77.7. The smallest absolute Gasteiger partial charge is 0.152 e. The van der Waals surface area contributed by atoms with Gasteiger partial charge in [0.1, 0.15) is 149 Å². The zero-order chi connectivity index (χ0) is 92.5. The van der Waals surface area contributed by atoms with Crippen molar-refractivity contribution in [3.05, 3.63) is 120 Å². The molecule has 5 aromatic carbocycles. The van der Waals surface area contributed by atoms with E-state index in [9.17, 15) is 4.79 Å². The number of pyridine rings is 5. The van der Waals surface area contributed by atoms with Crippen LogP contribution in [0.15, 0.2) is 91.0 Å². The van der Waals surface area contributed by atoms with Gasteiger partial charge in [-0.05, 0) is 160 Å². The predicted octanol–water partition coefficient (Wildman–Crippen LogP) is 12.5. The molecule has 4 saturated heterocycles. The molecule has 10 aromatic heterocycles. The summed E-state index contributed by atoms with van der Waals surface area (Å²) in [6, 6.07) is 29.4. The number of benzene rings is 5. The van der Waals surface area contributed by atoms with E-state index in [1.165, 1.54) is 0 Å². The van der Waals surface area contributed by atoms with Gasteiger partial charge >= 0.3 is 0 Å². The van der Waals surface area contributed by atoms with Gasteiger partial charge in [0.15, 0.2) is 29.1 Å². The van der Waals surface area contributed by atoms with Crippen molar-refractivity contribution in [2.24, 2.45) is 35.2 Å². The fraction of sp³-hybridized carbons (Fsp3) is 0.469. The highest BCUT2D eigenvalue weighted by Gasteiger charge is 2.29. The average Bonchev–Trinajstić information content (AvgIpc) is 1.52. The quantitative estimate of drug-likeness (QED) is 0.0193. The summed E-state index contributed by atoms with van der Waals surface area (Å²) in [4.78, 5) is 59.4. The number of nitrogens with one attached hydrogen (secondary N) is 2. The van der Waals surface area contributed by atoms with Crippen LogP contribution in [0.25, 0.3) is 110 Å². The monoisotopic (exact) mass is 1810 g/mol. The number of carbonyl (C=O) groups excluding carboxylic acids is 1. The number of nitrogen functional groups attached to an aromatic ring is 5. The molecule has 702 valence electrons. The van der Waals surface area contributed by atoms with E-state index in [1.54, 1.807) is 6.92 Å². The fourth-order valence-corrected chi connectivity index (χ4v) is 17.1. The largest absolute Gasteiger partial charge is 0.493 e. The SMILES string of the molecule is CCOCc1nc2c(N)nc3cccc(OC4CCNC4)c3c2n1C.CCOCc1nc2c(N)nc3cccc(OC4CCNCC4)c3c2n1C.CCOCc1nc2c(N)nc3cccc(OC4CCOC4)c3c2n1C.CCOCc1nc2c(N)nc3cccc(OCCCCCC(C)=O)c3c2n1C.CCOCc1nc2c(N)nc3cccc(OCCN4CCOCC4)c3c2n1C. The number of Topliss-reactive ketones (excluding diaryl/α,β-unsaturated/α-hetero) is 1. The Balaban J connectivity index is 0.000000126. The first kappa shape index (κ1) is 94.4. The van der Waals surface area contributed by atoms with Crippen LogP contribution < -0.4 is 63.0 Å². The normalized spacial score (nSPS) is 15.5. The lowest BCUT2D eigenvalue weighted by Gasteiger charge is -2.26. The van der Waals surface area contributed by atoms with Crippen LogP contribution in [0.2, 0.25) is 0 Å². The van der Waals surface area contributed by atoms with Crippen molar-refractivity contribution in [3.63, 3.8) is 0 Å². The summed E-state index contributed by atoms with van der Waals surface area (Å²) < 4.78 is 79.8. The van der Waals surface area contributed by atoms with Crippen molar-refractivity contribution < 1.29 is 61.6 Å². The van der Waals surface area contributed by atoms with Gasteiger partial charge in [-0.3, -0.25) is 4.90 Å². The lowest BCUT2D eigenvalue weighted by Crippen LogP contribution is -2.38. The maximum atomic E-state index is 11.0. The maximum Gasteiger partial charge on any atom is 0.152 e. The maximum absolute atomic E-state index is 11.0. The summed E-state index contributed by atoms with van der Waals surface area (Å²) in [5, 5.41) is 11.4. The van der Waals surface area contributed by atoms with Gasteiger partial charge in [0.2, 0.25) is 0 Å². The summed E-state index contributed by atoms with van der Waals surface area (Å²) in [5.41, 5.74) is 43.0. The van der Waals surface area contributed by atoms with E-state index in [4.69, 9.17) is 85.5 Å². The molecule has 36 nitrogen and oxygen atoms in total. The highest BCUT2D eigenvalue weighted by Crippen LogP contribution is 2.42. The number of carbonyl (C=O) groups is 1. The number of rotatable bonds is 32. The second-order valence-electron chi connectivity index (χ2n) is 32.9. The number of anilines is 5. The Labute approximate surface area is 766 Å². The summed E-state index contributed by atoms with van der Waals surface area (Å²) in [5.74, 6) is 10.5. The molecule has 0 radical (unpaired) electrons. The fourth-order valence-electron chi connectivity index (χ4n) is 17.1. The van der Waals surface area contributed by atoms with Gasteiger partial charge in [0, 0.05) is 107 Å². The number of piperidine rings is 1. The Kier molecular flexibility index (Phi) is 31.7. The Morgan fingerprint density at radius 3 is 1.04 bits per heavy atom. The van der Waals surface area contributed by atoms with Crippen LogP contribution >= 0.6 is 0 Å². The molecule has 12 N–H and O–H groups in total. The third-order valence-electron chi connectivity index (χ3n) is 24.0. The van der Waals surface area contributed by atoms with E-state index in [-0.39, 0.29) is 24.1 Å². The summed E-state index contributed by atoms with van der Waals surface area (Å²) in [6.45, 7) is 27.5. The summed E-state index contributed by atoms with van der Waals surface area (Å²) in [7, 11) is 9.88. The third-order valence-corrected chi connectivity index (χ3v) is 24.0. The van der Waals surface area contributed by atoms with Crippen molar-refractivity contribution in [2.45, 2.75) is 144 Å². The molecule has 2 unspecified atom stereocenters. The Morgan fingerprint density at radius 2 is 0.705 bits per heavy atom. The van der Waals surface area contributed by atoms with Crippen LogP contribution in [0.4, 0.5) is 29.1 Å². The molecule has 14 heterocycles. The minimum atomic E-state index is 0.0642. The minimum Gasteiger partial charge on any atom is -0.493 e. The highest BCUT2D eigenvalue weighted by atomic mass is 16.5. The molecular weight excluding hydrogens is 1680 g/mol. The van der Waals surface area contributed by atoms with E-state index in [0.717, 1.165) is 251 Å². The van der Waals surface area contributed by atoms with Crippen LogP contribution in [0, 0.1) is 0 Å². The molecule has 36 heteroatoms. The molecule has 0 spiro atoms. The molecule has 0 aliphatic carbocycles. The first-order chi connectivity index (χ1) is 64.3. The van der Waals surface area contributed by atoms with Crippen LogP contribution in [-0.4, -0.2) is 220 Å². The summed E-state index contributed by atoms with van der Waals surface area (Å²) >= 11 is 0. The number of imidazole rings is 5. The lowest BCUT2D eigenvalue weighted by atomic mass is 10.1. The van der Waals surface area contributed by atoms with Crippen LogP contribution in [0.3, 0.4) is 0 Å². The van der Waals surface area contributed by atoms with Crippen molar-refractivity contribution in [1.29, 1.82) is 0 Å². The van der Waals surface area contributed by atoms with E-state index >= 15 is 0 Å². The lowest BCUT2D eigenvalue weighted by molar-refractivity contribution is -0.117. The topological polar surface area (TPSA) is 439 Å². The number of aryl methyl sites for hydroxylation is 5. The van der Waals surface area contributed by atoms with Crippen molar-refractivity contribution >= 4 is 145 Å². The number of morpholine rings is 1. The number of nitrogens with zero attached hydrogens (tertiary/aromatic N) is 16. The number of aromatic nitrogens is 15. The molecule has 4 aliphatic rings. The molecule has 15 aromatic rings. The Hall–Kier alpha value is -12.2. The van der Waals surface area contributed by atoms with Gasteiger partial charge in [-0.25, -0.2) is 49.8 Å². The van der Waals surface area contributed by atoms with Crippen molar-refractivity contribution in [1.82, 2.24) is 88.2 Å². The summed E-state index contributed by atoms with van der Waals surface area (Å²) in [6.07, 6.45) is 7.76. The third kappa shape index (κ3) is 21.3. The molecule has 19 rings (SSSR count). The van der Waals surface area contributed by atoms with Gasteiger partial charge in [-0.15, -0.1) is 0 Å². The first-order valence-electron chi connectivity index (χ1n) is 45.9. The molecule has 132 heavy (non-hydrogen) atoms. The number of hydrogen-bond acceptors (Lipinski definition) is 31. The molecule has 4 fully saturated rings. The van der Waals surface area contributed by atoms with E-state index in [2.05, 4.69) is 65.4 Å². The Bertz CT molecular complexity index is 6360. The second kappa shape index (κ2) is 44.3. The zero-order valence-corrected chi connectivity index (χ0v) is 77.7. The Morgan fingerprint density at radius 1 is 0.379 bits per heavy atom. The van der Waals surface area contributed by atoms with Crippen molar-refractivity contribution in [2.75, 3.05) is 147 Å². The van der Waals surface area contributed by atoms with Gasteiger partial charge in [-0.1, -0.05) is 30.3 Å². The minimum absolute atomic E-state index is 0.0642. The number of ether oxygens (including phenoxy) is 12. The van der Waals surface area contributed by atoms with Crippen LogP contribution in [0.1, 0.15) is 122 Å². The number of hydrogen-bond donors (Lipinski definition) is 7. The standard InChI is InChI=1S/C21H28N4O3.C20H27N5O3.C19H25N5O2.C18H23N5O2.C18H22N4O3/c1-4-27-13-17-24-19-20(25(17)3)18-15(23-21(19)22)10-8-11-16(18)28-12-7-5-6-9-14(2)26;1-3-26-13-16-23-18-19(24(16)2)17-14(22-20(18)21)5-4-6-15(17)28-12-9-25-7-10-27-11-8-25;1-3-25-11-15-23-17-18(24(15)2)16-13(22-19(17)20)5-4-6-14(16)26-12-7-9-21-10-8-12;1-3-24-10-14-22-16-17(23(14)2)15-12(21-18(16)19)5-4-6-13(15)25-11-7-8-20-9-11;1-3-23-10-14-21-16-17(22(14)2)15-12(20-18(16)19)5-4-6-13(15)25-11-7-8-24-9-11/h8,10-11H,4-7,9,12-13H2,1-3H3,(H2,22,23);4-6H,3,7-13H2,1-2H3,(H2,21,22);4-6,12,21H,3,7-11H2,1-2H3,(H2,20,22);4-6,11,20H,3,7-10H2,1-2H3,(H2,19,21);4-6,11H,3,7-10H2,1-2H3,(H2,19,20). The van der Waals surface area contributed by atoms with Gasteiger partial charge in [0.05, 0.1) is 115 Å². The highest BCUT2D eigenvalue weighted by molar-refractivity contribution is 6.13. The van der Waals surface area contributed by atoms with Gasteiger partial charge in [-0.2, -0.15) is 0 Å². The molecule has 2 atom stereocenters. The first-order valence-corrected chi connectivity index (χ1v) is 45.9. The number of ketones is 1. The molecule has 0 saturated carbocycles. The molecule has 0 amide bonds. The number of fused-ring (bicyclic) bond motifs is 15. The van der Waals surface area contributed by atoms with Crippen LogP contribution in [0.5, 0.6) is 28.7 Å². The number of unbranched alkanes of at least 4 members (excludes halogenated alkanes) is 2. The molecular formula is C96H125N23O13. The molecule has 0 bridgehead atoms. The van der Waals surface area contributed by atoms with Gasteiger partial charge < -0.3 is 124 Å². The molecule has 4 aliphatic heterocycles. The van der Waals surface area contributed by atoms with E-state index < -0.39 is 0 Å². The number of nitrogens with two attached hydrogens (primary N) is 5. The second-order valence-corrected chi connectivity index (χ2v) is 32.9. The van der Waals surface area contributed by atoms with E-state index in [0.29, 0.717) is 149 Å².